The van der Waals surface area contributed by atoms with Gasteiger partial charge in [-0.25, -0.2) is 4.79 Å². The predicted molar refractivity (Wildman–Crippen MR) is 91.6 cm³/mol. The van der Waals surface area contributed by atoms with E-state index in [1.54, 1.807) is 0 Å². The molecule has 1 saturated heterocycles. The second-order valence-corrected chi connectivity index (χ2v) is 7.56. The number of unbranched alkanes of at least 4 members (excludes halogenated alkanes) is 1. The van der Waals surface area contributed by atoms with Crippen molar-refractivity contribution in [3.05, 3.63) is 11.8 Å². The lowest BCUT2D eigenvalue weighted by atomic mass is 9.76. The summed E-state index contributed by atoms with van der Waals surface area (Å²) < 4.78 is 4.75. The molecule has 0 aromatic heterocycles. The van der Waals surface area contributed by atoms with Gasteiger partial charge >= 0.3 is 5.97 Å². The molecular weight excluding hydrogens is 290 g/mol. The van der Waals surface area contributed by atoms with E-state index >= 15 is 0 Å². The third kappa shape index (κ3) is 4.97. The number of esters is 1. The van der Waals surface area contributed by atoms with Crippen LogP contribution in [0.4, 0.5) is 0 Å². The molecule has 0 atom stereocenters. The van der Waals surface area contributed by atoms with Crippen molar-refractivity contribution in [3.8, 4) is 6.07 Å². The topological polar surface area (TPSA) is 65.4 Å². The first-order chi connectivity index (χ1) is 10.7. The maximum atomic E-state index is 11.8. The van der Waals surface area contributed by atoms with Crippen LogP contribution in [0.15, 0.2) is 11.8 Å². The fraction of sp³-hybridized carbons (Fsp3) is 0.778. The van der Waals surface area contributed by atoms with Gasteiger partial charge in [-0.15, -0.1) is 0 Å². The molecule has 1 heterocycles. The van der Waals surface area contributed by atoms with Crippen LogP contribution in [0.5, 0.6) is 0 Å². The van der Waals surface area contributed by atoms with Crippen molar-refractivity contribution < 1.29 is 9.53 Å². The highest BCUT2D eigenvalue weighted by atomic mass is 16.5. The van der Waals surface area contributed by atoms with Gasteiger partial charge < -0.3 is 10.1 Å². The predicted octanol–water partition coefficient (Wildman–Crippen LogP) is 2.98. The van der Waals surface area contributed by atoms with E-state index in [1.165, 1.54) is 26.0 Å². The maximum Gasteiger partial charge on any atom is 0.354 e. The second kappa shape index (κ2) is 7.83. The van der Waals surface area contributed by atoms with Crippen molar-refractivity contribution in [1.82, 2.24) is 10.2 Å². The Kier molecular flexibility index (Phi) is 6.64. The summed E-state index contributed by atoms with van der Waals surface area (Å²) >= 11 is 0. The molecule has 0 aromatic carbocycles. The van der Waals surface area contributed by atoms with Crippen LogP contribution in [-0.2, 0) is 9.53 Å². The van der Waals surface area contributed by atoms with E-state index in [4.69, 9.17) is 10.00 Å². The smallest absolute Gasteiger partial charge is 0.354 e. The maximum absolute atomic E-state index is 11.8. The van der Waals surface area contributed by atoms with E-state index in [0.29, 0.717) is 0 Å². The Balaban J connectivity index is 2.92. The normalized spacial score (nSPS) is 21.5. The minimum atomic E-state index is -0.490. The van der Waals surface area contributed by atoms with Crippen molar-refractivity contribution in [2.24, 2.45) is 0 Å². The number of carbonyl (C=O) groups excluding carboxylic acids is 1. The molecule has 0 spiro atoms. The minimum absolute atomic E-state index is 0.0302. The van der Waals surface area contributed by atoms with Gasteiger partial charge in [-0.05, 0) is 53.5 Å². The summed E-state index contributed by atoms with van der Waals surface area (Å²) in [6, 6.07) is 2.05. The van der Waals surface area contributed by atoms with Crippen LogP contribution in [0, 0.1) is 11.3 Å². The number of piperidine rings is 1. The number of nitrogens with one attached hydrogen (secondary N) is 1. The molecule has 0 radical (unpaired) electrons. The Hall–Kier alpha value is -1.54. The van der Waals surface area contributed by atoms with Crippen molar-refractivity contribution in [3.63, 3.8) is 0 Å². The Morgan fingerprint density at radius 3 is 2.35 bits per heavy atom. The van der Waals surface area contributed by atoms with E-state index in [-0.39, 0.29) is 22.8 Å². The number of nitrogens with zero attached hydrogens (tertiary/aromatic N) is 2. The Bertz CT molecular complexity index is 471. The molecule has 0 aliphatic carbocycles. The number of hydrogen-bond donors (Lipinski definition) is 1. The van der Waals surface area contributed by atoms with Crippen LogP contribution >= 0.6 is 0 Å². The van der Waals surface area contributed by atoms with E-state index in [2.05, 4.69) is 44.8 Å². The number of hydrogen-bond acceptors (Lipinski definition) is 5. The van der Waals surface area contributed by atoms with Gasteiger partial charge in [0.25, 0.3) is 0 Å². The van der Waals surface area contributed by atoms with Crippen LogP contribution in [0.2, 0.25) is 0 Å². The minimum Gasteiger partial charge on any atom is -0.464 e. The Labute approximate surface area is 140 Å². The highest BCUT2D eigenvalue weighted by Gasteiger charge is 2.45. The van der Waals surface area contributed by atoms with Gasteiger partial charge in [-0.2, -0.15) is 5.26 Å². The third-order valence-electron chi connectivity index (χ3n) is 4.66. The molecule has 1 aliphatic rings. The highest BCUT2D eigenvalue weighted by Crippen LogP contribution is 2.38. The lowest BCUT2D eigenvalue weighted by Gasteiger charge is -2.55. The average Bonchev–Trinajstić information content (AvgIpc) is 2.43. The SMILES string of the molecule is CCCCN1C(C)(C)CC(N/C(=C/C#N)C(=O)OC)CC1(C)C. The van der Waals surface area contributed by atoms with Crippen molar-refractivity contribution >= 4 is 5.97 Å². The number of ether oxygens (including phenoxy) is 1. The van der Waals surface area contributed by atoms with Crippen molar-refractivity contribution in [1.29, 1.82) is 5.26 Å². The number of allylic oxidation sites excluding steroid dienone is 1. The van der Waals surface area contributed by atoms with E-state index in [0.717, 1.165) is 19.4 Å². The summed E-state index contributed by atoms with van der Waals surface area (Å²) in [5.74, 6) is -0.490. The zero-order valence-electron chi connectivity index (χ0n) is 15.4. The zero-order valence-corrected chi connectivity index (χ0v) is 15.4. The lowest BCUT2D eigenvalue weighted by Crippen LogP contribution is -2.64. The van der Waals surface area contributed by atoms with Gasteiger partial charge in [0.15, 0.2) is 0 Å². The lowest BCUT2D eigenvalue weighted by molar-refractivity contribution is -0.136. The monoisotopic (exact) mass is 321 g/mol. The molecule has 1 N–H and O–H groups in total. The Morgan fingerprint density at radius 1 is 1.35 bits per heavy atom. The average molecular weight is 321 g/mol. The quantitative estimate of drug-likeness (QED) is 0.463. The molecule has 1 rings (SSSR count). The second-order valence-electron chi connectivity index (χ2n) is 7.56. The molecule has 0 bridgehead atoms. The zero-order chi connectivity index (χ0) is 17.7. The molecule has 0 amide bonds. The van der Waals surface area contributed by atoms with E-state index in [1.807, 2.05) is 6.07 Å². The highest BCUT2D eigenvalue weighted by molar-refractivity contribution is 5.88. The van der Waals surface area contributed by atoms with E-state index < -0.39 is 5.97 Å². The summed E-state index contributed by atoms with van der Waals surface area (Å²) in [5, 5.41) is 12.1. The van der Waals surface area contributed by atoms with Gasteiger partial charge in [0.1, 0.15) is 5.70 Å². The van der Waals surface area contributed by atoms with Gasteiger partial charge in [0.2, 0.25) is 0 Å². The summed E-state index contributed by atoms with van der Waals surface area (Å²) in [6.45, 7) is 12.3. The van der Waals surface area contributed by atoms with E-state index in [9.17, 15) is 4.79 Å². The van der Waals surface area contributed by atoms with Crippen LogP contribution in [0.3, 0.4) is 0 Å². The fourth-order valence-corrected chi connectivity index (χ4v) is 3.90. The van der Waals surface area contributed by atoms with Gasteiger partial charge in [-0.3, -0.25) is 4.90 Å². The fourth-order valence-electron chi connectivity index (χ4n) is 3.90. The summed E-state index contributed by atoms with van der Waals surface area (Å²) in [6.07, 6.45) is 5.43. The molecule has 1 aliphatic heterocycles. The van der Waals surface area contributed by atoms with Crippen molar-refractivity contribution in [2.45, 2.75) is 77.4 Å². The van der Waals surface area contributed by atoms with Gasteiger partial charge in [0.05, 0.1) is 13.2 Å². The molecule has 0 unspecified atom stereocenters. The first-order valence-electron chi connectivity index (χ1n) is 8.40. The number of nitriles is 1. The molecule has 130 valence electrons. The summed E-state index contributed by atoms with van der Waals surface area (Å²) in [5.41, 5.74) is 0.305. The standard InChI is InChI=1S/C18H31N3O2/c1-7-8-11-21-17(2,3)12-14(13-18(21,4)5)20-15(9-10-19)16(22)23-6/h9,14,20H,7-8,11-13H2,1-6H3/b15-9+. The van der Waals surface area contributed by atoms with Crippen molar-refractivity contribution in [2.75, 3.05) is 13.7 Å². The number of carbonyl (C=O) groups is 1. The number of methoxy groups -OCH3 is 1. The van der Waals surface area contributed by atoms with Crippen LogP contribution in [0.25, 0.3) is 0 Å². The first kappa shape index (κ1) is 19.5. The van der Waals surface area contributed by atoms with Crippen LogP contribution in [0.1, 0.15) is 60.3 Å². The van der Waals surface area contributed by atoms with Gasteiger partial charge in [0, 0.05) is 23.2 Å². The first-order valence-corrected chi connectivity index (χ1v) is 8.40. The number of rotatable bonds is 6. The molecule has 23 heavy (non-hydrogen) atoms. The van der Waals surface area contributed by atoms with Crippen LogP contribution < -0.4 is 5.32 Å². The Morgan fingerprint density at radius 2 is 1.91 bits per heavy atom. The molecular formula is C18H31N3O2. The van der Waals surface area contributed by atoms with Crippen LogP contribution in [-0.4, -0.2) is 41.6 Å². The summed E-state index contributed by atoms with van der Waals surface area (Å²) in [7, 11) is 1.33. The third-order valence-corrected chi connectivity index (χ3v) is 4.66. The molecule has 5 nitrogen and oxygen atoms in total. The number of likely N-dealkylation sites (tertiary alicyclic amines) is 1. The summed E-state index contributed by atoms with van der Waals surface area (Å²) in [4.78, 5) is 14.4. The molecule has 0 aromatic rings. The van der Waals surface area contributed by atoms with Gasteiger partial charge in [-0.1, -0.05) is 13.3 Å². The largest absolute Gasteiger partial charge is 0.464 e. The molecule has 1 fully saturated rings. The molecule has 5 heteroatoms. The molecule has 0 saturated carbocycles.